The highest BCUT2D eigenvalue weighted by atomic mass is 32.2. The molecule has 5 heteroatoms. The number of fused-ring (bicyclic) bond motifs is 1. The number of carbonyl (C=O) groups excluding carboxylic acids is 1. The number of sulfonamides is 1. The van der Waals surface area contributed by atoms with Crippen LogP contribution in [0.5, 0.6) is 0 Å². The molecule has 0 aromatic carbocycles. The Hall–Kier alpha value is -0.580. The van der Waals surface area contributed by atoms with Gasteiger partial charge in [-0.3, -0.25) is 4.79 Å². The predicted molar refractivity (Wildman–Crippen MR) is 54.5 cm³/mol. The minimum absolute atomic E-state index is 0.0150. The molecule has 3 rings (SSSR count). The first-order valence-corrected chi connectivity index (χ1v) is 7.08. The van der Waals surface area contributed by atoms with Gasteiger partial charge in [0.15, 0.2) is 0 Å². The molecular weight excluding hydrogens is 214 g/mol. The monoisotopic (exact) mass is 229 g/mol. The molecule has 3 fully saturated rings. The van der Waals surface area contributed by atoms with Gasteiger partial charge in [0.1, 0.15) is 0 Å². The zero-order valence-electron chi connectivity index (χ0n) is 8.77. The fourth-order valence-corrected chi connectivity index (χ4v) is 6.36. The molecule has 0 N–H and O–H groups in total. The fourth-order valence-electron chi connectivity index (χ4n) is 3.95. The molecule has 2 saturated carbocycles. The molecule has 1 aliphatic heterocycles. The number of amides is 1. The van der Waals surface area contributed by atoms with Crippen LogP contribution in [0.2, 0.25) is 0 Å². The van der Waals surface area contributed by atoms with E-state index in [-0.39, 0.29) is 23.1 Å². The van der Waals surface area contributed by atoms with Crippen molar-refractivity contribution < 1.29 is 13.2 Å². The molecule has 3 aliphatic rings. The molecule has 4 nitrogen and oxygen atoms in total. The van der Waals surface area contributed by atoms with E-state index in [2.05, 4.69) is 0 Å². The van der Waals surface area contributed by atoms with E-state index in [1.165, 1.54) is 11.2 Å². The van der Waals surface area contributed by atoms with Crippen LogP contribution in [0.15, 0.2) is 0 Å². The van der Waals surface area contributed by atoms with Gasteiger partial charge in [-0.1, -0.05) is 0 Å². The van der Waals surface area contributed by atoms with Gasteiger partial charge in [-0.25, -0.2) is 12.7 Å². The van der Waals surface area contributed by atoms with Crippen LogP contribution in [0.25, 0.3) is 0 Å². The largest absolute Gasteiger partial charge is 0.274 e. The SMILES string of the molecule is CC(=O)N1C2CC3CC[C@]2(C3)CS1(=O)=O. The molecule has 2 unspecified atom stereocenters. The Labute approximate surface area is 89.7 Å². The molecule has 1 amide bonds. The van der Waals surface area contributed by atoms with E-state index < -0.39 is 10.0 Å². The molecule has 84 valence electrons. The van der Waals surface area contributed by atoms with Gasteiger partial charge in [-0.2, -0.15) is 0 Å². The van der Waals surface area contributed by atoms with Crippen molar-refractivity contribution >= 4 is 15.9 Å². The summed E-state index contributed by atoms with van der Waals surface area (Å²) in [6.07, 6.45) is 4.06. The molecule has 0 aromatic rings. The van der Waals surface area contributed by atoms with Crippen LogP contribution in [-0.4, -0.2) is 30.4 Å². The number of nitrogens with zero attached hydrogens (tertiary/aromatic N) is 1. The third-order valence-corrected chi connectivity index (χ3v) is 6.42. The molecule has 1 spiro atoms. The summed E-state index contributed by atoms with van der Waals surface area (Å²) in [4.78, 5) is 11.4. The average Bonchev–Trinajstić information content (AvgIpc) is 2.63. The van der Waals surface area contributed by atoms with Crippen molar-refractivity contribution in [2.24, 2.45) is 11.3 Å². The van der Waals surface area contributed by atoms with Crippen LogP contribution in [0.4, 0.5) is 0 Å². The topological polar surface area (TPSA) is 54.5 Å². The maximum atomic E-state index is 11.9. The zero-order valence-corrected chi connectivity index (χ0v) is 9.59. The Bertz CT molecular complexity index is 430. The minimum atomic E-state index is -3.31. The third kappa shape index (κ3) is 1.07. The molecule has 0 radical (unpaired) electrons. The highest BCUT2D eigenvalue weighted by Gasteiger charge is 2.63. The smallest absolute Gasteiger partial charge is 0.238 e. The van der Waals surface area contributed by atoms with Gasteiger partial charge in [-0.05, 0) is 31.6 Å². The summed E-state index contributed by atoms with van der Waals surface area (Å²) in [5.41, 5.74) is -0.0742. The van der Waals surface area contributed by atoms with Crippen molar-refractivity contribution in [2.75, 3.05) is 5.75 Å². The summed E-state index contributed by atoms with van der Waals surface area (Å²) >= 11 is 0. The van der Waals surface area contributed by atoms with E-state index in [9.17, 15) is 13.2 Å². The number of hydrogen-bond donors (Lipinski definition) is 0. The Kier molecular flexibility index (Phi) is 1.65. The Balaban J connectivity index is 2.08. The van der Waals surface area contributed by atoms with Gasteiger partial charge < -0.3 is 0 Å². The average molecular weight is 229 g/mol. The first-order chi connectivity index (χ1) is 6.95. The summed E-state index contributed by atoms with van der Waals surface area (Å²) < 4.78 is 25.0. The Morgan fingerprint density at radius 1 is 1.47 bits per heavy atom. The second-order valence-electron chi connectivity index (χ2n) is 5.29. The number of hydrogen-bond acceptors (Lipinski definition) is 3. The minimum Gasteiger partial charge on any atom is -0.274 e. The van der Waals surface area contributed by atoms with Gasteiger partial charge in [0.2, 0.25) is 15.9 Å². The summed E-state index contributed by atoms with van der Waals surface area (Å²) in [6.45, 7) is 1.36. The van der Waals surface area contributed by atoms with Crippen LogP contribution in [0, 0.1) is 11.3 Å². The van der Waals surface area contributed by atoms with Crippen LogP contribution >= 0.6 is 0 Å². The highest BCUT2D eigenvalue weighted by molar-refractivity contribution is 7.90. The van der Waals surface area contributed by atoms with E-state index in [0.717, 1.165) is 25.7 Å². The molecule has 15 heavy (non-hydrogen) atoms. The molecule has 0 aromatic heterocycles. The lowest BCUT2D eigenvalue weighted by Gasteiger charge is -2.29. The Morgan fingerprint density at radius 3 is 2.80 bits per heavy atom. The maximum Gasteiger partial charge on any atom is 0.238 e. The van der Waals surface area contributed by atoms with Crippen molar-refractivity contribution in [2.45, 2.75) is 38.6 Å². The fraction of sp³-hybridized carbons (Fsp3) is 0.900. The van der Waals surface area contributed by atoms with E-state index in [1.807, 2.05) is 0 Å². The highest BCUT2D eigenvalue weighted by Crippen LogP contribution is 2.60. The quantitative estimate of drug-likeness (QED) is 0.615. The lowest BCUT2D eigenvalue weighted by Crippen LogP contribution is -2.40. The molecule has 3 atom stereocenters. The van der Waals surface area contributed by atoms with Crippen LogP contribution in [0.3, 0.4) is 0 Å². The van der Waals surface area contributed by atoms with Crippen molar-refractivity contribution in [1.82, 2.24) is 4.31 Å². The van der Waals surface area contributed by atoms with E-state index in [4.69, 9.17) is 0 Å². The second-order valence-corrected chi connectivity index (χ2v) is 7.14. The molecular formula is C10H15NO3S. The first kappa shape index (κ1) is 9.63. The van der Waals surface area contributed by atoms with Crippen molar-refractivity contribution in [3.05, 3.63) is 0 Å². The number of carbonyl (C=O) groups is 1. The maximum absolute atomic E-state index is 11.9. The Morgan fingerprint density at radius 2 is 2.20 bits per heavy atom. The normalized spacial score (nSPS) is 45.8. The third-order valence-electron chi connectivity index (χ3n) is 4.37. The summed E-state index contributed by atoms with van der Waals surface area (Å²) in [5.74, 6) is 0.567. The van der Waals surface area contributed by atoms with Gasteiger partial charge in [0.05, 0.1) is 11.8 Å². The zero-order chi connectivity index (χ0) is 10.8. The van der Waals surface area contributed by atoms with E-state index in [0.29, 0.717) is 5.92 Å². The summed E-state index contributed by atoms with van der Waals surface area (Å²) in [6, 6.07) is -0.0150. The van der Waals surface area contributed by atoms with Gasteiger partial charge in [0, 0.05) is 12.3 Å². The van der Waals surface area contributed by atoms with Gasteiger partial charge >= 0.3 is 0 Å². The summed E-state index contributed by atoms with van der Waals surface area (Å²) in [7, 11) is -3.31. The van der Waals surface area contributed by atoms with Gasteiger partial charge in [0.25, 0.3) is 0 Å². The van der Waals surface area contributed by atoms with E-state index in [1.54, 1.807) is 0 Å². The van der Waals surface area contributed by atoms with Gasteiger partial charge in [-0.15, -0.1) is 0 Å². The van der Waals surface area contributed by atoms with Crippen molar-refractivity contribution in [3.63, 3.8) is 0 Å². The van der Waals surface area contributed by atoms with Crippen LogP contribution in [0.1, 0.15) is 32.6 Å². The molecule has 2 aliphatic carbocycles. The lowest BCUT2D eigenvalue weighted by atomic mass is 9.82. The standard InChI is InChI=1S/C10H15NO3S/c1-7(12)11-9-4-8-2-3-10(9,5-8)6-15(11,13)14/h8-9H,2-6H2,1H3/t8?,9?,10-/m0/s1. The van der Waals surface area contributed by atoms with Crippen LogP contribution < -0.4 is 0 Å². The number of rotatable bonds is 0. The predicted octanol–water partition coefficient (Wildman–Crippen LogP) is 0.737. The molecule has 2 bridgehead atoms. The summed E-state index contributed by atoms with van der Waals surface area (Å²) in [5, 5.41) is 0. The lowest BCUT2D eigenvalue weighted by molar-refractivity contribution is -0.126. The molecule has 1 saturated heterocycles. The second kappa shape index (κ2) is 2.56. The first-order valence-electron chi connectivity index (χ1n) is 5.47. The van der Waals surface area contributed by atoms with E-state index >= 15 is 0 Å². The van der Waals surface area contributed by atoms with Crippen molar-refractivity contribution in [1.29, 1.82) is 0 Å². The molecule has 1 heterocycles. The van der Waals surface area contributed by atoms with Crippen LogP contribution in [-0.2, 0) is 14.8 Å². The van der Waals surface area contributed by atoms with Crippen molar-refractivity contribution in [3.8, 4) is 0 Å².